The van der Waals surface area contributed by atoms with Crippen LogP contribution in [0.4, 0.5) is 0 Å². The molecule has 63 heavy (non-hydrogen) atoms. The summed E-state index contributed by atoms with van der Waals surface area (Å²) >= 11 is 0. The minimum Gasteiger partial charge on any atom is -0.480 e. The number of carbonyl (C=O) groups excluding carboxylic acids is 2. The first-order valence-electron chi connectivity index (χ1n) is 24.1. The largest absolute Gasteiger partial charge is 0.480 e. The molecule has 0 aromatic rings. The summed E-state index contributed by atoms with van der Waals surface area (Å²) in [5.41, 5.74) is 5.34. The summed E-state index contributed by atoms with van der Waals surface area (Å²) in [5.74, 6) is -2.52. The fraction of sp³-hybridized carbons (Fsp3) is 0.700. The average Bonchev–Trinajstić information content (AvgIpc) is 3.26. The number of hydrogen-bond acceptors (Lipinski definition) is 10. The molecular weight excluding hydrogens is 822 g/mol. The monoisotopic (exact) mass is 908 g/mol. The van der Waals surface area contributed by atoms with Gasteiger partial charge in [-0.25, -0.2) is 4.57 Å². The highest BCUT2D eigenvalue weighted by Gasteiger charge is 2.28. The molecule has 0 saturated carbocycles. The zero-order valence-electron chi connectivity index (χ0n) is 39.0. The van der Waals surface area contributed by atoms with Crippen LogP contribution >= 0.6 is 7.82 Å². The summed E-state index contributed by atoms with van der Waals surface area (Å²) in [7, 11) is -4.75. The van der Waals surface area contributed by atoms with E-state index in [-0.39, 0.29) is 12.8 Å². The van der Waals surface area contributed by atoms with Crippen molar-refractivity contribution in [1.29, 1.82) is 0 Å². The number of unbranched alkanes of at least 4 members (excludes halogenated alkanes) is 18. The highest BCUT2D eigenvalue weighted by molar-refractivity contribution is 7.47. The summed E-state index contributed by atoms with van der Waals surface area (Å²) in [6.07, 6.45) is 50.1. The van der Waals surface area contributed by atoms with Crippen molar-refractivity contribution in [3.05, 3.63) is 72.9 Å². The third-order valence-electron chi connectivity index (χ3n) is 10.1. The van der Waals surface area contributed by atoms with Crippen LogP contribution in [0.25, 0.3) is 0 Å². The predicted molar refractivity (Wildman–Crippen MR) is 255 cm³/mol. The predicted octanol–water partition coefficient (Wildman–Crippen LogP) is 12.3. The van der Waals surface area contributed by atoms with E-state index in [0.717, 1.165) is 38.5 Å². The minimum absolute atomic E-state index is 0.0718. The molecule has 5 N–H and O–H groups in total. The lowest BCUT2D eigenvalue weighted by Crippen LogP contribution is -2.34. The Bertz CT molecular complexity index is 1360. The van der Waals surface area contributed by atoms with Gasteiger partial charge >= 0.3 is 25.7 Å². The van der Waals surface area contributed by atoms with Crippen molar-refractivity contribution in [1.82, 2.24) is 0 Å². The van der Waals surface area contributed by atoms with Crippen molar-refractivity contribution < 1.29 is 52.6 Å². The molecule has 4 atom stereocenters. The number of rotatable bonds is 44. The molecule has 362 valence electrons. The number of phosphoric acid groups is 1. The first-order valence-corrected chi connectivity index (χ1v) is 25.6. The fourth-order valence-electron chi connectivity index (χ4n) is 6.29. The number of hydrogen-bond donors (Lipinski definition) is 4. The van der Waals surface area contributed by atoms with E-state index in [0.29, 0.717) is 25.7 Å². The van der Waals surface area contributed by atoms with Crippen LogP contribution < -0.4 is 5.73 Å². The minimum atomic E-state index is -4.75. The third kappa shape index (κ3) is 43.9. The van der Waals surface area contributed by atoms with Crippen LogP contribution in [0.15, 0.2) is 72.9 Å². The van der Waals surface area contributed by atoms with Crippen molar-refractivity contribution in [3.8, 4) is 0 Å². The van der Waals surface area contributed by atoms with Crippen LogP contribution in [-0.4, -0.2) is 71.1 Å². The molecule has 13 heteroatoms. The highest BCUT2D eigenvalue weighted by atomic mass is 31.2. The van der Waals surface area contributed by atoms with E-state index >= 15 is 0 Å². The lowest BCUT2D eigenvalue weighted by molar-refractivity contribution is -0.161. The van der Waals surface area contributed by atoms with Crippen LogP contribution in [0.1, 0.15) is 187 Å². The molecule has 0 rings (SSSR count). The van der Waals surface area contributed by atoms with E-state index in [9.17, 15) is 28.9 Å². The summed E-state index contributed by atoms with van der Waals surface area (Å²) in [5, 5.41) is 18.9. The number of aliphatic hydroxyl groups is 1. The van der Waals surface area contributed by atoms with Gasteiger partial charge in [-0.1, -0.05) is 202 Å². The van der Waals surface area contributed by atoms with E-state index in [1.54, 1.807) is 6.08 Å². The molecule has 0 aromatic carbocycles. The summed E-state index contributed by atoms with van der Waals surface area (Å²) in [6, 6.07) is -1.54. The van der Waals surface area contributed by atoms with Gasteiger partial charge in [0.15, 0.2) is 6.10 Å². The molecule has 0 radical (unpaired) electrons. The van der Waals surface area contributed by atoms with Crippen LogP contribution in [0.2, 0.25) is 0 Å². The number of aliphatic hydroxyl groups excluding tert-OH is 1. The lowest BCUT2D eigenvalue weighted by atomic mass is 10.0. The number of esters is 2. The average molecular weight is 908 g/mol. The molecular formula is C50H86NO11P. The molecule has 12 nitrogen and oxygen atoms in total. The van der Waals surface area contributed by atoms with Gasteiger partial charge in [0.1, 0.15) is 12.6 Å². The molecule has 0 bridgehead atoms. The zero-order valence-corrected chi connectivity index (χ0v) is 39.9. The first-order chi connectivity index (χ1) is 30.5. The van der Waals surface area contributed by atoms with Crippen LogP contribution in [0, 0.1) is 0 Å². The zero-order chi connectivity index (χ0) is 46.5. The lowest BCUT2D eigenvalue weighted by Gasteiger charge is -2.20. The summed E-state index contributed by atoms with van der Waals surface area (Å²) in [6.45, 7) is 2.56. The SMILES string of the molecule is CC/C=C\C/C=C\CC(O)/C=C/C=C\C/C=C\C/C=C\CCC(=O)OC[C@H](COP(=O)(O)OC[C@H](N)C(=O)O)OC(=O)CCCCCCCCCCCCCCCCCCCCC. The number of carbonyl (C=O) groups is 3. The quantitative estimate of drug-likeness (QED) is 0.0149. The van der Waals surface area contributed by atoms with Gasteiger partial charge < -0.3 is 30.3 Å². The van der Waals surface area contributed by atoms with Crippen LogP contribution in [-0.2, 0) is 37.5 Å². The van der Waals surface area contributed by atoms with Gasteiger partial charge in [0.25, 0.3) is 0 Å². The van der Waals surface area contributed by atoms with E-state index in [2.05, 4.69) is 30.5 Å². The second-order valence-electron chi connectivity index (χ2n) is 16.1. The van der Waals surface area contributed by atoms with Crippen molar-refractivity contribution in [2.45, 2.75) is 205 Å². The van der Waals surface area contributed by atoms with Crippen LogP contribution in [0.5, 0.6) is 0 Å². The Kier molecular flexibility index (Phi) is 41.9. The molecule has 0 heterocycles. The second-order valence-corrected chi connectivity index (χ2v) is 17.5. The van der Waals surface area contributed by atoms with Gasteiger partial charge in [-0.05, 0) is 44.9 Å². The van der Waals surface area contributed by atoms with Gasteiger partial charge in [0, 0.05) is 12.8 Å². The number of carboxylic acid groups (broad SMARTS) is 1. The molecule has 0 aromatic heterocycles. The smallest absolute Gasteiger partial charge is 0.472 e. The van der Waals surface area contributed by atoms with Crippen molar-refractivity contribution in [2.24, 2.45) is 5.73 Å². The number of phosphoric ester groups is 1. The Balaban J connectivity index is 4.45. The Labute approximate surface area is 381 Å². The summed E-state index contributed by atoms with van der Waals surface area (Å²) in [4.78, 5) is 46.1. The normalized spacial score (nSPS) is 14.7. The third-order valence-corrected chi connectivity index (χ3v) is 11.0. The number of ether oxygens (including phenoxy) is 2. The van der Waals surface area contributed by atoms with E-state index < -0.39 is 63.8 Å². The summed E-state index contributed by atoms with van der Waals surface area (Å²) < 4.78 is 32.7. The van der Waals surface area contributed by atoms with E-state index in [1.165, 1.54) is 96.3 Å². The maximum Gasteiger partial charge on any atom is 0.472 e. The van der Waals surface area contributed by atoms with Crippen LogP contribution in [0.3, 0.4) is 0 Å². The highest BCUT2D eigenvalue weighted by Crippen LogP contribution is 2.43. The molecule has 0 aliphatic carbocycles. The van der Waals surface area contributed by atoms with Gasteiger partial charge in [0.05, 0.1) is 19.3 Å². The topological polar surface area (TPSA) is 192 Å². The molecule has 0 fully saturated rings. The van der Waals surface area contributed by atoms with Gasteiger partial charge in [-0.3, -0.25) is 23.4 Å². The maximum atomic E-state index is 12.7. The first kappa shape index (κ1) is 59.9. The van der Waals surface area contributed by atoms with Crippen molar-refractivity contribution in [2.75, 3.05) is 19.8 Å². The Morgan fingerprint density at radius 2 is 1.08 bits per heavy atom. The Morgan fingerprint density at radius 1 is 0.587 bits per heavy atom. The Hall–Kier alpha value is -3.12. The number of allylic oxidation sites excluding steroid dienone is 10. The molecule has 0 aliphatic heterocycles. The maximum absolute atomic E-state index is 12.7. The molecule has 0 amide bonds. The number of aliphatic carboxylic acids is 1. The molecule has 0 spiro atoms. The van der Waals surface area contributed by atoms with Crippen molar-refractivity contribution in [3.63, 3.8) is 0 Å². The number of carboxylic acids is 1. The molecule has 0 aliphatic rings. The van der Waals surface area contributed by atoms with Gasteiger partial charge in [-0.2, -0.15) is 0 Å². The van der Waals surface area contributed by atoms with E-state index in [4.69, 9.17) is 24.8 Å². The fourth-order valence-corrected chi connectivity index (χ4v) is 7.07. The van der Waals surface area contributed by atoms with Gasteiger partial charge in [-0.15, -0.1) is 0 Å². The molecule has 0 saturated heterocycles. The number of nitrogens with two attached hydrogens (primary N) is 1. The second kappa shape index (κ2) is 44.1. The van der Waals surface area contributed by atoms with E-state index in [1.807, 2.05) is 54.7 Å². The standard InChI is InChI=1S/C50H86NO11P/c1-3-5-7-9-11-12-13-14-15-16-17-18-19-20-21-26-29-33-37-41-49(54)62-46(43-60-63(57,58)61-44-47(51)50(55)56)42-59-48(53)40-36-32-28-25-23-22-24-27-31-35-39-45(52)38-34-30-10-8-6-4-2/h6,8,22-23,27-28,30-32,34-35,39,45-47,52H,3-5,7,9-21,24-26,29,33,36-38,40-44,51H2,1-2H3,(H,55,56)(H,57,58)/b8-6-,23-22-,31-27-,32-28-,34-30-,39-35+/t45?,46-,47+/m1/s1. The van der Waals surface area contributed by atoms with Gasteiger partial charge in [0.2, 0.25) is 0 Å². The Morgan fingerprint density at radius 3 is 1.63 bits per heavy atom. The molecule has 2 unspecified atom stereocenters. The van der Waals surface area contributed by atoms with Crippen molar-refractivity contribution >= 4 is 25.7 Å².